The van der Waals surface area contributed by atoms with Crippen molar-refractivity contribution in [2.75, 3.05) is 32.9 Å². The number of amides is 2. The van der Waals surface area contributed by atoms with E-state index < -0.39 is 0 Å². The van der Waals surface area contributed by atoms with Gasteiger partial charge >= 0.3 is 0 Å². The van der Waals surface area contributed by atoms with Gasteiger partial charge in [0.05, 0.1) is 6.54 Å². The maximum atomic E-state index is 12.1. The third kappa shape index (κ3) is 4.57. The van der Waals surface area contributed by atoms with Crippen molar-refractivity contribution in [3.8, 4) is 0 Å². The molecular formula is C15H23N3O2. The van der Waals surface area contributed by atoms with Gasteiger partial charge in [0.15, 0.2) is 0 Å². The zero-order valence-corrected chi connectivity index (χ0v) is 12.4. The number of para-hydroxylation sites is 1. The van der Waals surface area contributed by atoms with Crippen LogP contribution in [0.4, 0.5) is 5.69 Å². The minimum Gasteiger partial charge on any atom is -0.399 e. The summed E-state index contributed by atoms with van der Waals surface area (Å²) in [5.41, 5.74) is 7.52. The first kappa shape index (κ1) is 16.0. The average molecular weight is 277 g/mol. The van der Waals surface area contributed by atoms with Gasteiger partial charge in [-0.2, -0.15) is 0 Å². The minimum atomic E-state index is -0.0700. The summed E-state index contributed by atoms with van der Waals surface area (Å²) in [5.74, 6) is -0.0922. The van der Waals surface area contributed by atoms with Gasteiger partial charge in [0, 0.05) is 32.7 Å². The Morgan fingerprint density at radius 2 is 1.80 bits per heavy atom. The van der Waals surface area contributed by atoms with Gasteiger partial charge in [0.25, 0.3) is 0 Å². The van der Waals surface area contributed by atoms with E-state index in [1.165, 1.54) is 4.90 Å². The Hall–Kier alpha value is -2.04. The Morgan fingerprint density at radius 1 is 1.15 bits per heavy atom. The Labute approximate surface area is 120 Å². The summed E-state index contributed by atoms with van der Waals surface area (Å²) in [7, 11) is 3.37. The molecule has 0 saturated heterocycles. The fourth-order valence-corrected chi connectivity index (χ4v) is 1.84. The summed E-state index contributed by atoms with van der Waals surface area (Å²) < 4.78 is 0. The third-order valence-corrected chi connectivity index (χ3v) is 3.22. The van der Waals surface area contributed by atoms with E-state index in [0.29, 0.717) is 25.1 Å². The van der Waals surface area contributed by atoms with Crippen LogP contribution < -0.4 is 5.73 Å². The zero-order chi connectivity index (χ0) is 15.1. The van der Waals surface area contributed by atoms with Gasteiger partial charge < -0.3 is 15.5 Å². The van der Waals surface area contributed by atoms with Crippen molar-refractivity contribution in [1.82, 2.24) is 9.80 Å². The zero-order valence-electron chi connectivity index (χ0n) is 12.4. The number of hydrogen-bond donors (Lipinski definition) is 1. The van der Waals surface area contributed by atoms with Crippen molar-refractivity contribution in [3.05, 3.63) is 29.8 Å². The lowest BCUT2D eigenvalue weighted by molar-refractivity contribution is -0.139. The lowest BCUT2D eigenvalue weighted by Crippen LogP contribution is -2.40. The van der Waals surface area contributed by atoms with Gasteiger partial charge in [0.2, 0.25) is 11.8 Å². The molecule has 0 aliphatic heterocycles. The number of carbonyl (C=O) groups is 2. The van der Waals surface area contributed by atoms with Crippen molar-refractivity contribution in [2.45, 2.75) is 19.8 Å². The lowest BCUT2D eigenvalue weighted by Gasteiger charge is -2.22. The number of carbonyl (C=O) groups excluding carboxylic acids is 2. The number of nitrogen functional groups attached to an aromatic ring is 1. The van der Waals surface area contributed by atoms with Crippen molar-refractivity contribution in [1.29, 1.82) is 0 Å². The highest BCUT2D eigenvalue weighted by Crippen LogP contribution is 2.13. The monoisotopic (exact) mass is 277 g/mol. The minimum absolute atomic E-state index is 0.0223. The van der Waals surface area contributed by atoms with Crippen molar-refractivity contribution >= 4 is 17.5 Å². The van der Waals surface area contributed by atoms with Crippen LogP contribution in [0.3, 0.4) is 0 Å². The Kier molecular flexibility index (Phi) is 6.03. The molecule has 5 heteroatoms. The van der Waals surface area contributed by atoms with E-state index in [1.54, 1.807) is 19.0 Å². The molecule has 0 aromatic heterocycles. The number of benzene rings is 1. The molecule has 1 rings (SSSR count). The SMILES string of the molecule is CCN(CC(=O)N(C)C)C(=O)CCc1ccccc1N. The number of hydrogen-bond acceptors (Lipinski definition) is 3. The second-order valence-corrected chi connectivity index (χ2v) is 4.89. The first-order valence-corrected chi connectivity index (χ1v) is 6.77. The molecule has 110 valence electrons. The van der Waals surface area contributed by atoms with Gasteiger partial charge in [-0.3, -0.25) is 9.59 Å². The van der Waals surface area contributed by atoms with Crippen molar-refractivity contribution in [3.63, 3.8) is 0 Å². The molecule has 2 N–H and O–H groups in total. The molecule has 0 fully saturated rings. The van der Waals surface area contributed by atoms with Crippen LogP contribution in [0.1, 0.15) is 18.9 Å². The van der Waals surface area contributed by atoms with E-state index in [2.05, 4.69) is 0 Å². The number of likely N-dealkylation sites (N-methyl/N-ethyl adjacent to an activating group) is 2. The van der Waals surface area contributed by atoms with Crippen LogP contribution in [0.15, 0.2) is 24.3 Å². The number of anilines is 1. The molecule has 0 atom stereocenters. The lowest BCUT2D eigenvalue weighted by atomic mass is 10.1. The van der Waals surface area contributed by atoms with E-state index in [4.69, 9.17) is 5.73 Å². The first-order valence-electron chi connectivity index (χ1n) is 6.77. The molecule has 0 saturated carbocycles. The molecule has 0 radical (unpaired) electrons. The largest absolute Gasteiger partial charge is 0.399 e. The van der Waals surface area contributed by atoms with E-state index in [-0.39, 0.29) is 18.4 Å². The van der Waals surface area contributed by atoms with Crippen molar-refractivity contribution < 1.29 is 9.59 Å². The highest BCUT2D eigenvalue weighted by molar-refractivity contribution is 5.84. The average Bonchev–Trinajstić information content (AvgIpc) is 2.43. The molecule has 0 aliphatic carbocycles. The Bertz CT molecular complexity index is 472. The van der Waals surface area contributed by atoms with Crippen LogP contribution in [-0.4, -0.2) is 48.8 Å². The molecule has 2 amide bonds. The Morgan fingerprint density at radius 3 is 2.35 bits per heavy atom. The van der Waals surface area contributed by atoms with Gasteiger partial charge in [-0.05, 0) is 25.0 Å². The summed E-state index contributed by atoms with van der Waals surface area (Å²) in [6.07, 6.45) is 0.959. The van der Waals surface area contributed by atoms with Crippen LogP contribution >= 0.6 is 0 Å². The molecule has 0 heterocycles. The summed E-state index contributed by atoms with van der Waals surface area (Å²) >= 11 is 0. The second-order valence-electron chi connectivity index (χ2n) is 4.89. The van der Waals surface area contributed by atoms with Crippen LogP contribution in [0, 0.1) is 0 Å². The normalized spacial score (nSPS) is 10.2. The number of rotatable bonds is 6. The second kappa shape index (κ2) is 7.53. The highest BCUT2D eigenvalue weighted by Gasteiger charge is 2.16. The number of nitrogens with zero attached hydrogens (tertiary/aromatic N) is 2. The van der Waals surface area contributed by atoms with Gasteiger partial charge in [-0.25, -0.2) is 0 Å². The topological polar surface area (TPSA) is 66.6 Å². The van der Waals surface area contributed by atoms with Crippen LogP contribution in [0.25, 0.3) is 0 Å². The molecule has 0 bridgehead atoms. The summed E-state index contributed by atoms with van der Waals surface area (Å²) in [6.45, 7) is 2.53. The quantitative estimate of drug-likeness (QED) is 0.793. The number of nitrogens with two attached hydrogens (primary N) is 1. The molecule has 0 aliphatic rings. The first-order chi connectivity index (χ1) is 9.45. The molecule has 1 aromatic carbocycles. The third-order valence-electron chi connectivity index (χ3n) is 3.22. The van der Waals surface area contributed by atoms with Gasteiger partial charge in [-0.1, -0.05) is 18.2 Å². The van der Waals surface area contributed by atoms with E-state index in [9.17, 15) is 9.59 Å². The summed E-state index contributed by atoms with van der Waals surface area (Å²) in [4.78, 5) is 26.9. The predicted molar refractivity (Wildman–Crippen MR) is 80.1 cm³/mol. The highest BCUT2D eigenvalue weighted by atomic mass is 16.2. The van der Waals surface area contributed by atoms with E-state index in [0.717, 1.165) is 5.56 Å². The molecule has 0 unspecified atom stereocenters. The smallest absolute Gasteiger partial charge is 0.241 e. The van der Waals surface area contributed by atoms with Crippen LogP contribution in [0.2, 0.25) is 0 Å². The molecule has 1 aromatic rings. The Balaban J connectivity index is 2.56. The van der Waals surface area contributed by atoms with Crippen LogP contribution in [0.5, 0.6) is 0 Å². The predicted octanol–water partition coefficient (Wildman–Crippen LogP) is 1.14. The van der Waals surface area contributed by atoms with Crippen LogP contribution in [-0.2, 0) is 16.0 Å². The molecule has 0 spiro atoms. The maximum absolute atomic E-state index is 12.1. The fraction of sp³-hybridized carbons (Fsp3) is 0.467. The summed E-state index contributed by atoms with van der Waals surface area (Å²) in [6, 6.07) is 7.52. The van der Waals surface area contributed by atoms with Gasteiger partial charge in [-0.15, -0.1) is 0 Å². The summed E-state index contributed by atoms with van der Waals surface area (Å²) in [5, 5.41) is 0. The standard InChI is InChI=1S/C15H23N3O2/c1-4-18(11-15(20)17(2)3)14(19)10-9-12-7-5-6-8-13(12)16/h5-8H,4,9-11,16H2,1-3H3. The van der Waals surface area contributed by atoms with E-state index >= 15 is 0 Å². The fourth-order valence-electron chi connectivity index (χ4n) is 1.84. The molecular weight excluding hydrogens is 254 g/mol. The van der Waals surface area contributed by atoms with E-state index in [1.807, 2.05) is 31.2 Å². The molecule has 20 heavy (non-hydrogen) atoms. The van der Waals surface area contributed by atoms with Gasteiger partial charge in [0.1, 0.15) is 0 Å². The molecule has 5 nitrogen and oxygen atoms in total. The number of aryl methyl sites for hydroxylation is 1. The van der Waals surface area contributed by atoms with Crippen molar-refractivity contribution in [2.24, 2.45) is 0 Å². The maximum Gasteiger partial charge on any atom is 0.241 e.